The van der Waals surface area contributed by atoms with Crippen molar-refractivity contribution in [3.05, 3.63) is 29.3 Å². The molecular weight excluding hydrogens is 252 g/mol. The highest BCUT2D eigenvalue weighted by molar-refractivity contribution is 6.30. The van der Waals surface area contributed by atoms with E-state index in [2.05, 4.69) is 0 Å². The summed E-state index contributed by atoms with van der Waals surface area (Å²) in [7, 11) is 1.30. The van der Waals surface area contributed by atoms with Gasteiger partial charge in [-0.3, -0.25) is 4.79 Å². The van der Waals surface area contributed by atoms with Gasteiger partial charge in [0, 0.05) is 12.1 Å². The number of ether oxygens (including phenoxy) is 1. The lowest BCUT2D eigenvalue weighted by Gasteiger charge is -2.16. The lowest BCUT2D eigenvalue weighted by atomic mass is 10.3. The van der Waals surface area contributed by atoms with Crippen LogP contribution in [0.2, 0.25) is 5.02 Å². The highest BCUT2D eigenvalue weighted by Crippen LogP contribution is 2.16. The number of carbonyl (C=O) groups excluding carboxylic acids is 1. The molecule has 0 aromatic heterocycles. The van der Waals surface area contributed by atoms with Crippen LogP contribution in [-0.4, -0.2) is 37.4 Å². The predicted molar refractivity (Wildman–Crippen MR) is 60.6 cm³/mol. The zero-order valence-corrected chi connectivity index (χ0v) is 9.95. The Morgan fingerprint density at radius 2 is 2.24 bits per heavy atom. The Bertz CT molecular complexity index is 387. The molecule has 1 aromatic rings. The first-order valence-corrected chi connectivity index (χ1v) is 5.30. The maximum Gasteiger partial charge on any atom is 0.315 e. The molecule has 0 bridgehead atoms. The number of nitrogens with zero attached hydrogens (tertiary/aromatic N) is 1. The van der Waals surface area contributed by atoms with Gasteiger partial charge in [0.25, 0.3) is 5.91 Å². The number of hydrogen-bond donors (Lipinski definition) is 0. The second-order valence-corrected chi connectivity index (χ2v) is 3.80. The van der Waals surface area contributed by atoms with E-state index in [0.717, 1.165) is 4.90 Å². The van der Waals surface area contributed by atoms with Crippen molar-refractivity contribution in [1.82, 2.24) is 4.90 Å². The number of likely N-dealkylation sites (N-methyl/N-ethyl adjacent to an activating group) is 1. The van der Waals surface area contributed by atoms with Gasteiger partial charge in [-0.1, -0.05) is 17.7 Å². The minimum Gasteiger partial charge on any atom is -0.492 e. The van der Waals surface area contributed by atoms with Crippen molar-refractivity contribution in [2.75, 3.05) is 20.2 Å². The first-order chi connectivity index (χ1) is 8.00. The summed E-state index contributed by atoms with van der Waals surface area (Å²) in [6.07, 6.45) is -2.98. The van der Waals surface area contributed by atoms with Crippen molar-refractivity contribution in [2.24, 2.45) is 0 Å². The number of benzene rings is 1. The second-order valence-electron chi connectivity index (χ2n) is 3.37. The van der Waals surface area contributed by atoms with E-state index >= 15 is 0 Å². The molecule has 0 saturated carbocycles. The molecule has 0 aliphatic carbocycles. The normalized spacial score (nSPS) is 10.4. The van der Waals surface area contributed by atoms with Crippen LogP contribution in [0.3, 0.4) is 0 Å². The van der Waals surface area contributed by atoms with Gasteiger partial charge in [-0.2, -0.15) is 8.78 Å². The lowest BCUT2D eigenvalue weighted by molar-refractivity contribution is -0.141. The first-order valence-electron chi connectivity index (χ1n) is 4.92. The summed E-state index contributed by atoms with van der Waals surface area (Å²) >= 11 is 5.73. The number of amides is 1. The molecule has 0 spiro atoms. The molecule has 3 nitrogen and oxygen atoms in total. The van der Waals surface area contributed by atoms with Crippen LogP contribution in [0.5, 0.6) is 5.75 Å². The average Bonchev–Trinajstić information content (AvgIpc) is 2.27. The van der Waals surface area contributed by atoms with E-state index < -0.39 is 12.3 Å². The molecule has 1 rings (SSSR count). The van der Waals surface area contributed by atoms with Gasteiger partial charge in [0.1, 0.15) is 12.4 Å². The Morgan fingerprint density at radius 3 is 2.82 bits per heavy atom. The summed E-state index contributed by atoms with van der Waals surface area (Å²) in [6.45, 7) is 0.227. The van der Waals surface area contributed by atoms with E-state index in [1.165, 1.54) is 7.05 Å². The van der Waals surface area contributed by atoms with Crippen molar-refractivity contribution in [2.45, 2.75) is 6.43 Å². The average molecular weight is 264 g/mol. The highest BCUT2D eigenvalue weighted by atomic mass is 35.5. The van der Waals surface area contributed by atoms with Gasteiger partial charge in [-0.05, 0) is 18.2 Å². The fraction of sp³-hybridized carbons (Fsp3) is 0.364. The molecule has 0 N–H and O–H groups in total. The van der Waals surface area contributed by atoms with E-state index in [0.29, 0.717) is 10.8 Å². The van der Waals surface area contributed by atoms with Crippen LogP contribution >= 0.6 is 11.6 Å². The van der Waals surface area contributed by atoms with Gasteiger partial charge in [-0.25, -0.2) is 0 Å². The topological polar surface area (TPSA) is 29.5 Å². The molecule has 6 heteroatoms. The van der Waals surface area contributed by atoms with Gasteiger partial charge < -0.3 is 9.64 Å². The number of hydrogen-bond acceptors (Lipinski definition) is 2. The van der Waals surface area contributed by atoms with Crippen LogP contribution in [0.1, 0.15) is 0 Å². The number of rotatable bonds is 5. The standard InChI is InChI=1S/C11H12ClF2NO2/c1-15(11(16)10(13)14)5-6-17-9-4-2-3-8(12)7-9/h2-4,7,10H,5-6H2,1H3. The van der Waals surface area contributed by atoms with Crippen LogP contribution in [0.4, 0.5) is 8.78 Å². The maximum absolute atomic E-state index is 12.0. The molecule has 0 saturated heterocycles. The van der Waals surface area contributed by atoms with Gasteiger partial charge in [0.15, 0.2) is 0 Å². The maximum atomic E-state index is 12.0. The summed E-state index contributed by atoms with van der Waals surface area (Å²) in [5.74, 6) is -0.671. The molecular formula is C11H12ClF2NO2. The molecule has 0 fully saturated rings. The molecule has 0 atom stereocenters. The zero-order chi connectivity index (χ0) is 12.8. The van der Waals surface area contributed by atoms with Crippen LogP contribution in [0.25, 0.3) is 0 Å². The quantitative estimate of drug-likeness (QED) is 0.817. The van der Waals surface area contributed by atoms with Crippen LogP contribution in [-0.2, 0) is 4.79 Å². The highest BCUT2D eigenvalue weighted by Gasteiger charge is 2.19. The number of alkyl halides is 2. The summed E-state index contributed by atoms with van der Waals surface area (Å²) in [5, 5.41) is 0.527. The predicted octanol–water partition coefficient (Wildman–Crippen LogP) is 2.44. The van der Waals surface area contributed by atoms with Crippen LogP contribution in [0.15, 0.2) is 24.3 Å². The van der Waals surface area contributed by atoms with E-state index in [1.807, 2.05) is 0 Å². The van der Waals surface area contributed by atoms with E-state index in [4.69, 9.17) is 16.3 Å². The third-order valence-electron chi connectivity index (χ3n) is 2.05. The Kier molecular flexibility index (Phi) is 5.15. The molecule has 0 unspecified atom stereocenters. The minimum absolute atomic E-state index is 0.0929. The zero-order valence-electron chi connectivity index (χ0n) is 9.20. The van der Waals surface area contributed by atoms with Gasteiger partial charge in [-0.15, -0.1) is 0 Å². The molecule has 1 aromatic carbocycles. The van der Waals surface area contributed by atoms with Crippen molar-refractivity contribution >= 4 is 17.5 Å². The summed E-state index contributed by atoms with van der Waals surface area (Å²) in [5.41, 5.74) is 0. The molecule has 0 aliphatic rings. The Balaban J connectivity index is 2.35. The smallest absolute Gasteiger partial charge is 0.315 e. The van der Waals surface area contributed by atoms with E-state index in [-0.39, 0.29) is 13.2 Å². The lowest BCUT2D eigenvalue weighted by Crippen LogP contribution is -2.35. The van der Waals surface area contributed by atoms with Crippen molar-refractivity contribution < 1.29 is 18.3 Å². The van der Waals surface area contributed by atoms with Gasteiger partial charge in [0.05, 0.1) is 6.54 Å². The fourth-order valence-corrected chi connectivity index (χ4v) is 1.31. The van der Waals surface area contributed by atoms with Crippen LogP contribution < -0.4 is 4.74 Å². The molecule has 0 aliphatic heterocycles. The SMILES string of the molecule is CN(CCOc1cccc(Cl)c1)C(=O)C(F)F. The Morgan fingerprint density at radius 1 is 1.53 bits per heavy atom. The largest absolute Gasteiger partial charge is 0.492 e. The summed E-state index contributed by atoms with van der Waals surface area (Å²) < 4.78 is 29.3. The monoisotopic (exact) mass is 263 g/mol. The molecule has 0 heterocycles. The fourth-order valence-electron chi connectivity index (χ4n) is 1.13. The number of carbonyl (C=O) groups is 1. The minimum atomic E-state index is -2.98. The molecule has 1 amide bonds. The first kappa shape index (κ1) is 13.7. The molecule has 0 radical (unpaired) electrons. The third kappa shape index (κ3) is 4.56. The second kappa shape index (κ2) is 6.39. The summed E-state index contributed by atoms with van der Waals surface area (Å²) in [6, 6.07) is 6.71. The van der Waals surface area contributed by atoms with Gasteiger partial charge >= 0.3 is 6.43 Å². The Labute approximate surface area is 103 Å². The van der Waals surface area contributed by atoms with Crippen molar-refractivity contribution in [3.8, 4) is 5.75 Å². The van der Waals surface area contributed by atoms with Crippen molar-refractivity contribution in [3.63, 3.8) is 0 Å². The Hall–Kier alpha value is -1.36. The summed E-state index contributed by atoms with van der Waals surface area (Å²) in [4.78, 5) is 11.8. The van der Waals surface area contributed by atoms with E-state index in [9.17, 15) is 13.6 Å². The van der Waals surface area contributed by atoms with E-state index in [1.54, 1.807) is 24.3 Å². The molecule has 94 valence electrons. The number of halogens is 3. The third-order valence-corrected chi connectivity index (χ3v) is 2.29. The van der Waals surface area contributed by atoms with Gasteiger partial charge in [0.2, 0.25) is 0 Å². The van der Waals surface area contributed by atoms with Crippen molar-refractivity contribution in [1.29, 1.82) is 0 Å². The van der Waals surface area contributed by atoms with Crippen LogP contribution in [0, 0.1) is 0 Å². The molecule has 17 heavy (non-hydrogen) atoms.